The average molecular weight is 396 g/mol. The second-order valence-corrected chi connectivity index (χ2v) is 7.86. The van der Waals surface area contributed by atoms with Gasteiger partial charge in [-0.3, -0.25) is 4.99 Å². The first-order valence-corrected chi connectivity index (χ1v) is 9.84. The second kappa shape index (κ2) is 7.90. The molecule has 0 N–H and O–H groups in total. The summed E-state index contributed by atoms with van der Waals surface area (Å²) in [7, 11) is 4.17. The molecule has 0 bridgehead atoms. The van der Waals surface area contributed by atoms with Crippen molar-refractivity contribution in [1.29, 1.82) is 0 Å². The molecule has 2 heterocycles. The number of nitrogens with zero attached hydrogens (tertiary/aromatic N) is 3. The van der Waals surface area contributed by atoms with E-state index < -0.39 is 0 Å². The van der Waals surface area contributed by atoms with E-state index in [2.05, 4.69) is 36.0 Å². The molecule has 1 aliphatic rings. The zero-order valence-electron chi connectivity index (χ0n) is 16.1. The lowest BCUT2D eigenvalue weighted by Crippen LogP contribution is -2.14. The first kappa shape index (κ1) is 18.9. The van der Waals surface area contributed by atoms with E-state index in [4.69, 9.17) is 16.6 Å². The van der Waals surface area contributed by atoms with Gasteiger partial charge in [-0.15, -0.1) is 0 Å². The van der Waals surface area contributed by atoms with Crippen LogP contribution in [0.4, 0.5) is 4.39 Å². The first-order valence-electron chi connectivity index (χ1n) is 9.46. The molecule has 4 rings (SSSR count). The van der Waals surface area contributed by atoms with Crippen LogP contribution >= 0.6 is 11.6 Å². The Morgan fingerprint density at radius 1 is 1.04 bits per heavy atom. The summed E-state index contributed by atoms with van der Waals surface area (Å²) in [6.45, 7) is 2.52. The Kier molecular flexibility index (Phi) is 5.33. The number of aryl methyl sites for hydroxylation is 1. The lowest BCUT2D eigenvalue weighted by Gasteiger charge is -2.12. The number of fused-ring (bicyclic) bond motifs is 3. The monoisotopic (exact) mass is 395 g/mol. The van der Waals surface area contributed by atoms with Crippen molar-refractivity contribution in [3.8, 4) is 11.1 Å². The van der Waals surface area contributed by atoms with Crippen LogP contribution in [-0.4, -0.2) is 35.8 Å². The lowest BCUT2D eigenvalue weighted by atomic mass is 9.94. The molecule has 0 radical (unpaired) electrons. The summed E-state index contributed by atoms with van der Waals surface area (Å²) in [5.74, 6) is -0.271. The molecular weight excluding hydrogens is 373 g/mol. The fourth-order valence-electron chi connectivity index (χ4n) is 3.70. The number of benzene rings is 2. The molecule has 0 saturated carbocycles. The number of aromatic nitrogens is 1. The van der Waals surface area contributed by atoms with Crippen LogP contribution in [0.3, 0.4) is 0 Å². The van der Waals surface area contributed by atoms with Gasteiger partial charge in [0.2, 0.25) is 0 Å². The summed E-state index contributed by atoms with van der Waals surface area (Å²) in [5.41, 5.74) is 5.39. The van der Waals surface area contributed by atoms with Crippen LogP contribution in [0.1, 0.15) is 23.1 Å². The molecule has 28 heavy (non-hydrogen) atoms. The van der Waals surface area contributed by atoms with Crippen molar-refractivity contribution in [2.24, 2.45) is 4.99 Å². The van der Waals surface area contributed by atoms with Gasteiger partial charge in [0.1, 0.15) is 5.82 Å². The summed E-state index contributed by atoms with van der Waals surface area (Å²) < 4.78 is 16.7. The van der Waals surface area contributed by atoms with Gasteiger partial charge < -0.3 is 9.47 Å². The molecule has 3 nitrogen and oxygen atoms in total. The van der Waals surface area contributed by atoms with E-state index in [1.165, 1.54) is 6.07 Å². The quantitative estimate of drug-likeness (QED) is 0.577. The summed E-state index contributed by atoms with van der Waals surface area (Å²) in [4.78, 5) is 6.99. The highest BCUT2D eigenvalue weighted by atomic mass is 35.5. The molecule has 0 amide bonds. The molecule has 5 heteroatoms. The van der Waals surface area contributed by atoms with Crippen molar-refractivity contribution < 1.29 is 4.39 Å². The summed E-state index contributed by atoms with van der Waals surface area (Å²) >= 11 is 6.29. The zero-order chi connectivity index (χ0) is 19.7. The molecule has 1 aliphatic heterocycles. The maximum Gasteiger partial charge on any atom is 0.132 e. The van der Waals surface area contributed by atoms with E-state index in [-0.39, 0.29) is 5.82 Å². The molecule has 144 valence electrons. The number of aliphatic imine (C=N–C) groups is 1. The van der Waals surface area contributed by atoms with Crippen molar-refractivity contribution in [1.82, 2.24) is 9.47 Å². The highest BCUT2D eigenvalue weighted by molar-refractivity contribution is 6.31. The van der Waals surface area contributed by atoms with E-state index in [9.17, 15) is 4.39 Å². The number of hydrogen-bond acceptors (Lipinski definition) is 2. The van der Waals surface area contributed by atoms with E-state index in [0.717, 1.165) is 41.8 Å². The normalized spacial score (nSPS) is 13.1. The Bertz CT molecular complexity index is 1040. The topological polar surface area (TPSA) is 20.5 Å². The van der Waals surface area contributed by atoms with Crippen LogP contribution in [0.25, 0.3) is 11.1 Å². The van der Waals surface area contributed by atoms with Crippen molar-refractivity contribution >= 4 is 17.3 Å². The van der Waals surface area contributed by atoms with Crippen LogP contribution in [-0.2, 0) is 13.1 Å². The molecule has 1 aromatic heterocycles. The SMILES string of the molecule is CN(C)CCCn1cc2c(c1)-c1ccc(Cl)cc1C(c1ccccc1F)=NC2. The van der Waals surface area contributed by atoms with Crippen LogP contribution in [0, 0.1) is 5.82 Å². The Balaban J connectivity index is 1.77. The van der Waals surface area contributed by atoms with Gasteiger partial charge in [-0.05, 0) is 62.5 Å². The molecule has 0 unspecified atom stereocenters. The fourth-order valence-corrected chi connectivity index (χ4v) is 3.88. The van der Waals surface area contributed by atoms with Crippen molar-refractivity contribution in [3.05, 3.63) is 82.4 Å². The molecule has 0 saturated heterocycles. The van der Waals surface area contributed by atoms with Crippen LogP contribution < -0.4 is 0 Å². The van der Waals surface area contributed by atoms with Gasteiger partial charge in [-0.25, -0.2) is 4.39 Å². The van der Waals surface area contributed by atoms with Gasteiger partial charge in [0.15, 0.2) is 0 Å². The lowest BCUT2D eigenvalue weighted by molar-refractivity contribution is 0.386. The molecule has 0 atom stereocenters. The van der Waals surface area contributed by atoms with Gasteiger partial charge in [0, 0.05) is 40.7 Å². The van der Waals surface area contributed by atoms with Gasteiger partial charge in [-0.1, -0.05) is 29.8 Å². The van der Waals surface area contributed by atoms with E-state index in [0.29, 0.717) is 22.8 Å². The molecule has 3 aromatic rings. The summed E-state index contributed by atoms with van der Waals surface area (Å²) in [6, 6.07) is 12.6. The maximum atomic E-state index is 14.5. The van der Waals surface area contributed by atoms with Gasteiger partial charge in [0.05, 0.1) is 12.3 Å². The minimum absolute atomic E-state index is 0.271. The predicted octanol–water partition coefficient (Wildman–Crippen LogP) is 5.25. The van der Waals surface area contributed by atoms with Crippen LogP contribution in [0.2, 0.25) is 5.02 Å². The second-order valence-electron chi connectivity index (χ2n) is 7.43. The molecule has 2 aromatic carbocycles. The van der Waals surface area contributed by atoms with Crippen molar-refractivity contribution in [2.75, 3.05) is 20.6 Å². The van der Waals surface area contributed by atoms with Crippen LogP contribution in [0.15, 0.2) is 59.9 Å². The Morgan fingerprint density at radius 2 is 1.86 bits per heavy atom. The van der Waals surface area contributed by atoms with E-state index in [1.807, 2.05) is 24.3 Å². The highest BCUT2D eigenvalue weighted by Gasteiger charge is 2.22. The smallest absolute Gasteiger partial charge is 0.132 e. The Labute approximate surface area is 170 Å². The summed E-state index contributed by atoms with van der Waals surface area (Å²) in [6.07, 6.45) is 5.42. The third-order valence-corrected chi connectivity index (χ3v) is 5.28. The molecule has 0 fully saturated rings. The molecule has 0 aliphatic carbocycles. The minimum atomic E-state index is -0.271. The highest BCUT2D eigenvalue weighted by Crippen LogP contribution is 2.35. The summed E-state index contributed by atoms with van der Waals surface area (Å²) in [5, 5.41) is 0.622. The molecule has 0 spiro atoms. The third-order valence-electron chi connectivity index (χ3n) is 5.05. The van der Waals surface area contributed by atoms with Crippen molar-refractivity contribution in [2.45, 2.75) is 19.5 Å². The van der Waals surface area contributed by atoms with Crippen molar-refractivity contribution in [3.63, 3.8) is 0 Å². The standard InChI is InChI=1S/C23H23ClFN3/c1-27(2)10-5-11-28-14-16-13-26-23(19-6-3-4-7-22(19)25)20-12-17(24)8-9-18(20)21(16)15-28/h3-4,6-9,12,14-15H,5,10-11,13H2,1-2H3. The maximum absolute atomic E-state index is 14.5. The van der Waals surface area contributed by atoms with Gasteiger partial charge in [-0.2, -0.15) is 0 Å². The van der Waals surface area contributed by atoms with Crippen LogP contribution in [0.5, 0.6) is 0 Å². The zero-order valence-corrected chi connectivity index (χ0v) is 16.9. The van der Waals surface area contributed by atoms with E-state index >= 15 is 0 Å². The third kappa shape index (κ3) is 3.75. The molecular formula is C23H23ClFN3. The number of rotatable bonds is 5. The van der Waals surface area contributed by atoms with E-state index in [1.54, 1.807) is 12.1 Å². The Hall–Kier alpha value is -2.43. The first-order chi connectivity index (χ1) is 13.5. The fraction of sp³-hybridized carbons (Fsp3) is 0.261. The number of hydrogen-bond donors (Lipinski definition) is 0. The minimum Gasteiger partial charge on any atom is -0.353 e. The average Bonchev–Trinajstić information content (AvgIpc) is 3.00. The van der Waals surface area contributed by atoms with Gasteiger partial charge in [0.25, 0.3) is 0 Å². The largest absolute Gasteiger partial charge is 0.353 e. The van der Waals surface area contributed by atoms with Gasteiger partial charge >= 0.3 is 0 Å². The Morgan fingerprint density at radius 3 is 2.64 bits per heavy atom. The predicted molar refractivity (Wildman–Crippen MR) is 114 cm³/mol. The number of halogens is 2.